The van der Waals surface area contributed by atoms with Crippen LogP contribution in [0.4, 0.5) is 11.6 Å². The average molecular weight is 310 g/mol. The maximum absolute atomic E-state index is 5.78. The summed E-state index contributed by atoms with van der Waals surface area (Å²) in [4.78, 5) is 9.11. The van der Waals surface area contributed by atoms with E-state index in [4.69, 9.17) is 11.5 Å². The van der Waals surface area contributed by atoms with Gasteiger partial charge in [0.2, 0.25) is 0 Å². The first kappa shape index (κ1) is 13.1. The Bertz CT molecular complexity index is 1020. The molecule has 0 unspecified atom stereocenters. The van der Waals surface area contributed by atoms with Crippen LogP contribution in [0.5, 0.6) is 0 Å². The molecule has 0 aliphatic rings. The van der Waals surface area contributed by atoms with Gasteiger partial charge >= 0.3 is 0 Å². The van der Waals surface area contributed by atoms with Gasteiger partial charge in [-0.3, -0.25) is 0 Å². The quantitative estimate of drug-likeness (QED) is 0.551. The number of fused-ring (bicyclic) bond motifs is 1. The van der Waals surface area contributed by atoms with E-state index in [-0.39, 0.29) is 23.0 Å². The number of rotatable bonds is 2. The highest BCUT2D eigenvalue weighted by Crippen LogP contribution is 2.33. The van der Waals surface area contributed by atoms with Crippen LogP contribution in [0.3, 0.4) is 0 Å². The van der Waals surface area contributed by atoms with Crippen LogP contribution >= 0.6 is 0 Å². The summed E-state index contributed by atoms with van der Waals surface area (Å²) in [5, 5.41) is 14.7. The molecule has 10 heteroatoms. The van der Waals surface area contributed by atoms with Crippen molar-refractivity contribution < 1.29 is 9.26 Å². The van der Waals surface area contributed by atoms with Gasteiger partial charge < -0.3 is 11.5 Å². The molecule has 4 aromatic rings. The van der Waals surface area contributed by atoms with E-state index in [9.17, 15) is 0 Å². The van der Waals surface area contributed by atoms with Crippen LogP contribution in [0, 0.1) is 6.92 Å². The van der Waals surface area contributed by atoms with Crippen molar-refractivity contribution in [1.29, 1.82) is 0 Å². The lowest BCUT2D eigenvalue weighted by Crippen LogP contribution is -2.00. The molecule has 4 rings (SSSR count). The maximum atomic E-state index is 5.78. The van der Waals surface area contributed by atoms with Crippen LogP contribution in [0.2, 0.25) is 0 Å². The van der Waals surface area contributed by atoms with Crippen LogP contribution in [-0.4, -0.2) is 30.6 Å². The van der Waals surface area contributed by atoms with Crippen molar-refractivity contribution in [3.8, 4) is 22.8 Å². The molecule has 0 atom stereocenters. The standard InChI is InChI=1S/C13H10N8O2/c1-5-2-3-6-7(4-5)17-9(11-13(15)21-23-19-11)8(16-6)10-12(14)20-22-18-10/h2-4H,1H3,(H2,14,20)(H2,15,21). The lowest BCUT2D eigenvalue weighted by atomic mass is 10.1. The van der Waals surface area contributed by atoms with Crippen LogP contribution in [0.1, 0.15) is 5.56 Å². The highest BCUT2D eigenvalue weighted by Gasteiger charge is 2.23. The maximum Gasteiger partial charge on any atom is 0.198 e. The van der Waals surface area contributed by atoms with Crippen molar-refractivity contribution in [2.45, 2.75) is 6.92 Å². The SMILES string of the molecule is Cc1ccc2nc(-c3nonc3N)c(-c3nonc3N)nc2c1. The minimum absolute atomic E-state index is 0.0852. The zero-order chi connectivity index (χ0) is 16.0. The summed E-state index contributed by atoms with van der Waals surface area (Å²) in [6.45, 7) is 1.96. The van der Waals surface area contributed by atoms with Crippen molar-refractivity contribution in [2.75, 3.05) is 11.5 Å². The first-order chi connectivity index (χ1) is 11.1. The average Bonchev–Trinajstić information content (AvgIpc) is 3.14. The molecule has 4 N–H and O–H groups in total. The lowest BCUT2D eigenvalue weighted by Gasteiger charge is -2.06. The Kier molecular flexibility index (Phi) is 2.70. The summed E-state index contributed by atoms with van der Waals surface area (Å²) in [6.07, 6.45) is 0. The van der Waals surface area contributed by atoms with E-state index in [1.165, 1.54) is 0 Å². The van der Waals surface area contributed by atoms with Gasteiger partial charge in [-0.25, -0.2) is 19.2 Å². The third kappa shape index (κ3) is 2.04. The van der Waals surface area contributed by atoms with Gasteiger partial charge in [0, 0.05) is 0 Å². The Morgan fingerprint density at radius 3 is 1.83 bits per heavy atom. The number of nitrogen functional groups attached to an aromatic ring is 2. The van der Waals surface area contributed by atoms with Crippen LogP contribution in [0.25, 0.3) is 33.8 Å². The number of aromatic nitrogens is 6. The van der Waals surface area contributed by atoms with Crippen molar-refractivity contribution in [2.24, 2.45) is 0 Å². The highest BCUT2D eigenvalue weighted by molar-refractivity contribution is 5.88. The van der Waals surface area contributed by atoms with Gasteiger partial charge in [-0.05, 0) is 45.2 Å². The second-order valence-electron chi connectivity index (χ2n) is 4.91. The van der Waals surface area contributed by atoms with Crippen molar-refractivity contribution in [1.82, 2.24) is 30.6 Å². The Hall–Kier alpha value is -3.56. The smallest absolute Gasteiger partial charge is 0.198 e. The summed E-state index contributed by atoms with van der Waals surface area (Å²) in [7, 11) is 0. The Labute approximate surface area is 128 Å². The number of aryl methyl sites for hydroxylation is 1. The van der Waals surface area contributed by atoms with Crippen LogP contribution in [-0.2, 0) is 0 Å². The van der Waals surface area contributed by atoms with Crippen molar-refractivity contribution >= 4 is 22.7 Å². The fraction of sp³-hybridized carbons (Fsp3) is 0.0769. The zero-order valence-corrected chi connectivity index (χ0v) is 11.9. The molecule has 0 fully saturated rings. The molecule has 0 amide bonds. The molecule has 10 nitrogen and oxygen atoms in total. The van der Waals surface area contributed by atoms with Crippen LogP contribution in [0.15, 0.2) is 27.5 Å². The number of nitrogens with zero attached hydrogens (tertiary/aromatic N) is 6. The molecule has 1 aromatic carbocycles. The van der Waals surface area contributed by atoms with Crippen LogP contribution < -0.4 is 11.5 Å². The fourth-order valence-corrected chi connectivity index (χ4v) is 2.21. The molecule has 0 radical (unpaired) electrons. The number of benzene rings is 1. The van der Waals surface area contributed by atoms with Gasteiger partial charge in [0.1, 0.15) is 11.4 Å². The monoisotopic (exact) mass is 310 g/mol. The molecule has 114 valence electrons. The first-order valence-electron chi connectivity index (χ1n) is 6.58. The highest BCUT2D eigenvalue weighted by atomic mass is 16.6. The van der Waals surface area contributed by atoms with Crippen molar-refractivity contribution in [3.63, 3.8) is 0 Å². The first-order valence-corrected chi connectivity index (χ1v) is 6.58. The molecule has 0 aliphatic carbocycles. The summed E-state index contributed by atoms with van der Waals surface area (Å²) in [6, 6.07) is 5.67. The molecular formula is C13H10N8O2. The Balaban J connectivity index is 2.08. The third-order valence-electron chi connectivity index (χ3n) is 3.30. The molecule has 0 spiro atoms. The van der Waals surface area contributed by atoms with Gasteiger partial charge in [0.05, 0.1) is 11.0 Å². The molecule has 23 heavy (non-hydrogen) atoms. The van der Waals surface area contributed by atoms with E-state index in [0.29, 0.717) is 22.4 Å². The topological polar surface area (TPSA) is 156 Å². The molecule has 0 bridgehead atoms. The molecule has 0 aliphatic heterocycles. The Morgan fingerprint density at radius 2 is 1.30 bits per heavy atom. The number of hydrogen-bond donors (Lipinski definition) is 2. The number of hydrogen-bond acceptors (Lipinski definition) is 10. The molecule has 3 heterocycles. The fourth-order valence-electron chi connectivity index (χ4n) is 2.21. The largest absolute Gasteiger partial charge is 0.379 e. The number of anilines is 2. The van der Waals surface area contributed by atoms with Gasteiger partial charge in [0.25, 0.3) is 0 Å². The molecular weight excluding hydrogens is 300 g/mol. The van der Waals surface area contributed by atoms with E-state index in [1.54, 1.807) is 0 Å². The van der Waals surface area contributed by atoms with Gasteiger partial charge in [-0.1, -0.05) is 6.07 Å². The summed E-state index contributed by atoms with van der Waals surface area (Å²) in [5.41, 5.74) is 15.1. The predicted molar refractivity (Wildman–Crippen MR) is 79.7 cm³/mol. The predicted octanol–water partition coefficient (Wildman–Crippen LogP) is 1.20. The van der Waals surface area contributed by atoms with Gasteiger partial charge in [0.15, 0.2) is 23.0 Å². The molecule has 0 saturated carbocycles. The summed E-state index contributed by atoms with van der Waals surface area (Å²) >= 11 is 0. The van der Waals surface area contributed by atoms with E-state index < -0.39 is 0 Å². The van der Waals surface area contributed by atoms with Gasteiger partial charge in [-0.2, -0.15) is 0 Å². The summed E-state index contributed by atoms with van der Waals surface area (Å²) in [5.74, 6) is 0.171. The number of nitrogens with two attached hydrogens (primary N) is 2. The summed E-state index contributed by atoms with van der Waals surface area (Å²) < 4.78 is 9.30. The van der Waals surface area contributed by atoms with E-state index in [1.807, 2.05) is 25.1 Å². The van der Waals surface area contributed by atoms with Gasteiger partial charge in [-0.15, -0.1) is 0 Å². The third-order valence-corrected chi connectivity index (χ3v) is 3.30. The van der Waals surface area contributed by atoms with E-state index in [0.717, 1.165) is 5.56 Å². The minimum atomic E-state index is 0.0852. The lowest BCUT2D eigenvalue weighted by molar-refractivity contribution is 0.309. The molecule has 0 saturated heterocycles. The molecule has 3 aromatic heterocycles. The second kappa shape index (κ2) is 4.73. The van der Waals surface area contributed by atoms with Crippen molar-refractivity contribution in [3.05, 3.63) is 23.8 Å². The zero-order valence-electron chi connectivity index (χ0n) is 11.9. The second-order valence-corrected chi connectivity index (χ2v) is 4.91. The minimum Gasteiger partial charge on any atom is -0.379 e. The Morgan fingerprint density at radius 1 is 0.739 bits per heavy atom. The van der Waals surface area contributed by atoms with E-state index in [2.05, 4.69) is 39.9 Å². The van der Waals surface area contributed by atoms with E-state index >= 15 is 0 Å². The normalized spacial score (nSPS) is 11.2.